The maximum absolute atomic E-state index is 11.6. The SMILES string of the molecule is CC[C@@H](C(=O)C1CC1)S(=O)(=O)CC. The van der Waals surface area contributed by atoms with Crippen LogP contribution >= 0.6 is 0 Å². The van der Waals surface area contributed by atoms with E-state index in [2.05, 4.69) is 0 Å². The number of ketones is 1. The Morgan fingerprint density at radius 3 is 2.23 bits per heavy atom. The van der Waals surface area contributed by atoms with Gasteiger partial charge < -0.3 is 0 Å². The quantitative estimate of drug-likeness (QED) is 0.675. The standard InChI is InChI=1S/C9H16O3S/c1-3-8(13(11,12)4-2)9(10)7-5-6-7/h7-8H,3-6H2,1-2H3/t8-/m0/s1. The van der Waals surface area contributed by atoms with Gasteiger partial charge in [0.2, 0.25) is 0 Å². The van der Waals surface area contributed by atoms with E-state index < -0.39 is 15.1 Å². The highest BCUT2D eigenvalue weighted by atomic mass is 32.2. The first kappa shape index (κ1) is 10.7. The van der Waals surface area contributed by atoms with Crippen molar-refractivity contribution in [2.75, 3.05) is 5.75 Å². The van der Waals surface area contributed by atoms with Crippen molar-refractivity contribution in [2.24, 2.45) is 5.92 Å². The van der Waals surface area contributed by atoms with Crippen LogP contribution in [0.1, 0.15) is 33.1 Å². The van der Waals surface area contributed by atoms with Gasteiger partial charge in [-0.15, -0.1) is 0 Å². The highest BCUT2D eigenvalue weighted by molar-refractivity contribution is 7.92. The summed E-state index contributed by atoms with van der Waals surface area (Å²) in [5.74, 6) is 0.0693. The lowest BCUT2D eigenvalue weighted by Gasteiger charge is -2.12. The molecule has 0 saturated heterocycles. The van der Waals surface area contributed by atoms with Crippen molar-refractivity contribution in [3.05, 3.63) is 0 Å². The lowest BCUT2D eigenvalue weighted by molar-refractivity contribution is -0.119. The molecule has 0 heterocycles. The van der Waals surface area contributed by atoms with Gasteiger partial charge in [-0.2, -0.15) is 0 Å². The van der Waals surface area contributed by atoms with Crippen molar-refractivity contribution in [1.82, 2.24) is 0 Å². The van der Waals surface area contributed by atoms with Gasteiger partial charge in [0.1, 0.15) is 5.25 Å². The molecule has 3 nitrogen and oxygen atoms in total. The smallest absolute Gasteiger partial charge is 0.159 e. The molecule has 1 saturated carbocycles. The minimum absolute atomic E-state index is 0.0475. The second kappa shape index (κ2) is 3.78. The summed E-state index contributed by atoms with van der Waals surface area (Å²) >= 11 is 0. The van der Waals surface area contributed by atoms with E-state index in [1.165, 1.54) is 0 Å². The van der Waals surface area contributed by atoms with Gasteiger partial charge in [-0.3, -0.25) is 4.79 Å². The normalized spacial score (nSPS) is 19.8. The van der Waals surface area contributed by atoms with E-state index in [-0.39, 0.29) is 17.5 Å². The lowest BCUT2D eigenvalue weighted by Crippen LogP contribution is -2.32. The second-order valence-electron chi connectivity index (χ2n) is 3.53. The van der Waals surface area contributed by atoms with Crippen LogP contribution in [0.4, 0.5) is 0 Å². The van der Waals surface area contributed by atoms with Gasteiger partial charge in [0.25, 0.3) is 0 Å². The second-order valence-corrected chi connectivity index (χ2v) is 6.00. The van der Waals surface area contributed by atoms with E-state index in [4.69, 9.17) is 0 Å². The fraction of sp³-hybridized carbons (Fsp3) is 0.889. The molecule has 0 radical (unpaired) electrons. The molecule has 0 bridgehead atoms. The number of rotatable bonds is 5. The Bertz CT molecular complexity index is 288. The first-order valence-electron chi connectivity index (χ1n) is 4.78. The Morgan fingerprint density at radius 2 is 1.92 bits per heavy atom. The molecular weight excluding hydrogens is 188 g/mol. The van der Waals surface area contributed by atoms with Crippen LogP contribution in [-0.4, -0.2) is 25.2 Å². The lowest BCUT2D eigenvalue weighted by atomic mass is 10.1. The molecular formula is C9H16O3S. The first-order valence-corrected chi connectivity index (χ1v) is 6.49. The number of carbonyl (C=O) groups excluding carboxylic acids is 1. The molecule has 0 spiro atoms. The van der Waals surface area contributed by atoms with Crippen LogP contribution < -0.4 is 0 Å². The van der Waals surface area contributed by atoms with Crippen molar-refractivity contribution in [1.29, 1.82) is 0 Å². The van der Waals surface area contributed by atoms with E-state index in [1.54, 1.807) is 13.8 Å². The Kier molecular flexibility index (Phi) is 3.11. The highest BCUT2D eigenvalue weighted by Crippen LogP contribution is 2.33. The fourth-order valence-electron chi connectivity index (χ4n) is 1.46. The van der Waals surface area contributed by atoms with Crippen molar-refractivity contribution in [3.8, 4) is 0 Å². The molecule has 4 heteroatoms. The number of Topliss-reactive ketones (excluding diaryl/α,β-unsaturated/α-hetero) is 1. The summed E-state index contributed by atoms with van der Waals surface area (Å²) in [6, 6.07) is 0. The van der Waals surface area contributed by atoms with Crippen LogP contribution in [0.5, 0.6) is 0 Å². The summed E-state index contributed by atoms with van der Waals surface area (Å²) < 4.78 is 23.0. The van der Waals surface area contributed by atoms with Crippen molar-refractivity contribution in [3.63, 3.8) is 0 Å². The number of hydrogen-bond donors (Lipinski definition) is 0. The van der Waals surface area contributed by atoms with Crippen LogP contribution in [0.25, 0.3) is 0 Å². The number of sulfone groups is 1. The maximum atomic E-state index is 11.6. The van der Waals surface area contributed by atoms with E-state index in [1.807, 2.05) is 0 Å². The minimum Gasteiger partial charge on any atom is -0.298 e. The molecule has 0 amide bonds. The molecule has 13 heavy (non-hydrogen) atoms. The van der Waals surface area contributed by atoms with E-state index >= 15 is 0 Å². The van der Waals surface area contributed by atoms with Gasteiger partial charge in [0.15, 0.2) is 15.6 Å². The largest absolute Gasteiger partial charge is 0.298 e. The summed E-state index contributed by atoms with van der Waals surface area (Å²) in [6.07, 6.45) is 2.19. The molecule has 1 aliphatic rings. The zero-order valence-electron chi connectivity index (χ0n) is 8.12. The zero-order chi connectivity index (χ0) is 10.1. The monoisotopic (exact) mass is 204 g/mol. The minimum atomic E-state index is -3.16. The molecule has 0 N–H and O–H groups in total. The average molecular weight is 204 g/mol. The fourth-order valence-corrected chi connectivity index (χ4v) is 2.92. The van der Waals surface area contributed by atoms with Crippen LogP contribution in [0, 0.1) is 5.92 Å². The van der Waals surface area contributed by atoms with Gasteiger partial charge >= 0.3 is 0 Å². The highest BCUT2D eigenvalue weighted by Gasteiger charge is 2.39. The maximum Gasteiger partial charge on any atom is 0.159 e. The molecule has 76 valence electrons. The van der Waals surface area contributed by atoms with E-state index in [0.717, 1.165) is 12.8 Å². The van der Waals surface area contributed by atoms with Crippen molar-refractivity contribution < 1.29 is 13.2 Å². The average Bonchev–Trinajstić information content (AvgIpc) is 2.87. The Morgan fingerprint density at radius 1 is 1.38 bits per heavy atom. The molecule has 0 unspecified atom stereocenters. The van der Waals surface area contributed by atoms with E-state index in [9.17, 15) is 13.2 Å². The molecule has 0 aromatic rings. The summed E-state index contributed by atoms with van der Waals surface area (Å²) in [5, 5.41) is -0.731. The van der Waals surface area contributed by atoms with E-state index in [0.29, 0.717) is 6.42 Å². The van der Waals surface area contributed by atoms with Crippen LogP contribution in [0.15, 0.2) is 0 Å². The van der Waals surface area contributed by atoms with Gasteiger partial charge in [0.05, 0.1) is 0 Å². The zero-order valence-corrected chi connectivity index (χ0v) is 8.93. The van der Waals surface area contributed by atoms with Gasteiger partial charge in [-0.05, 0) is 19.3 Å². The Labute approximate surface area is 79.4 Å². The summed E-state index contributed by atoms with van der Waals surface area (Å²) in [7, 11) is -3.16. The molecule has 1 aliphatic carbocycles. The van der Waals surface area contributed by atoms with Gasteiger partial charge in [-0.25, -0.2) is 8.42 Å². The van der Waals surface area contributed by atoms with Crippen molar-refractivity contribution in [2.45, 2.75) is 38.4 Å². The predicted molar refractivity (Wildman–Crippen MR) is 51.3 cm³/mol. The van der Waals surface area contributed by atoms with Crippen LogP contribution in [0.2, 0.25) is 0 Å². The molecule has 1 atom stereocenters. The van der Waals surface area contributed by atoms with Gasteiger partial charge in [0, 0.05) is 11.7 Å². The Balaban J connectivity index is 2.77. The third-order valence-corrected chi connectivity index (χ3v) is 4.74. The number of hydrogen-bond acceptors (Lipinski definition) is 3. The molecule has 0 aromatic heterocycles. The van der Waals surface area contributed by atoms with Crippen LogP contribution in [0.3, 0.4) is 0 Å². The first-order chi connectivity index (χ1) is 6.03. The topological polar surface area (TPSA) is 51.2 Å². The predicted octanol–water partition coefficient (Wildman–Crippen LogP) is 1.18. The van der Waals surface area contributed by atoms with Crippen LogP contribution in [-0.2, 0) is 14.6 Å². The summed E-state index contributed by atoms with van der Waals surface area (Å²) in [4.78, 5) is 11.6. The third-order valence-electron chi connectivity index (χ3n) is 2.50. The Hall–Kier alpha value is -0.380. The number of carbonyl (C=O) groups is 1. The third kappa shape index (κ3) is 2.30. The molecule has 0 aliphatic heterocycles. The van der Waals surface area contributed by atoms with Gasteiger partial charge in [-0.1, -0.05) is 13.8 Å². The summed E-state index contributed by atoms with van der Waals surface area (Å²) in [6.45, 7) is 3.36. The summed E-state index contributed by atoms with van der Waals surface area (Å²) in [5.41, 5.74) is 0. The van der Waals surface area contributed by atoms with Crippen molar-refractivity contribution >= 4 is 15.6 Å². The molecule has 1 fully saturated rings. The molecule has 1 rings (SSSR count). The molecule has 0 aromatic carbocycles.